The summed E-state index contributed by atoms with van der Waals surface area (Å²) in [6, 6.07) is 33.1. The molecule has 0 atom stereocenters. The zero-order chi connectivity index (χ0) is 43.1. The van der Waals surface area contributed by atoms with Crippen molar-refractivity contribution >= 4 is 78.0 Å². The summed E-state index contributed by atoms with van der Waals surface area (Å²) in [4.78, 5) is 1.58. The number of nitrogens with zero attached hydrogens (tertiary/aromatic N) is 2. The summed E-state index contributed by atoms with van der Waals surface area (Å²) in [7, 11) is 0. The van der Waals surface area contributed by atoms with Gasteiger partial charge in [-0.15, -0.1) is 0 Å². The number of rotatable bonds is 7. The number of halogens is 10. The summed E-state index contributed by atoms with van der Waals surface area (Å²) in [5.74, 6) is -22.5. The predicted molar refractivity (Wildman–Crippen MR) is 215 cm³/mol. The van der Waals surface area contributed by atoms with E-state index in [-0.39, 0.29) is 33.9 Å². The molecule has 2 aromatic heterocycles. The van der Waals surface area contributed by atoms with Crippen LogP contribution in [0.1, 0.15) is 0 Å². The SMILES string of the molecule is Fc1c(F)c(F)c(N(c2ccc3oc4ccccc4c3c2)c2ccccc2-c2ccccc2N(c2ccc3oc4ccccc4c3c2)c2c(F)c(F)c(F)c(F)c2F)c(F)c1F. The second-order valence-electron chi connectivity index (χ2n) is 14.1. The van der Waals surface area contributed by atoms with Crippen molar-refractivity contribution in [1.29, 1.82) is 0 Å². The molecular weight excluding hydrogens is 827 g/mol. The van der Waals surface area contributed by atoms with Crippen molar-refractivity contribution in [3.63, 3.8) is 0 Å². The van der Waals surface area contributed by atoms with Crippen molar-refractivity contribution in [3.8, 4) is 11.1 Å². The van der Waals surface area contributed by atoms with Crippen LogP contribution in [0.2, 0.25) is 0 Å². The van der Waals surface area contributed by atoms with Crippen LogP contribution < -0.4 is 9.80 Å². The molecule has 8 aromatic carbocycles. The first-order chi connectivity index (χ1) is 29.9. The standard InChI is InChI=1S/C48H22F10N2O2/c49-37-39(51)43(55)47(44(56)40(37)52)59(23-17-19-35-29(21-23)27-11-3-7-15-33(27)61-35)31-13-5-1-9-25(31)26-10-2-6-14-32(26)60(48-45(57)41(53)38(50)42(54)46(48)58)24-18-20-36-30(22-24)28-12-4-8-16-34(28)62-36/h1-22H. The predicted octanol–water partition coefficient (Wildman–Crippen LogP) is 15.5. The number of hydrogen-bond acceptors (Lipinski definition) is 4. The molecule has 0 fully saturated rings. The molecule has 14 heteroatoms. The van der Waals surface area contributed by atoms with Gasteiger partial charge in [0.15, 0.2) is 46.5 Å². The van der Waals surface area contributed by atoms with Crippen LogP contribution in [-0.4, -0.2) is 0 Å². The highest BCUT2D eigenvalue weighted by Crippen LogP contribution is 2.50. The summed E-state index contributed by atoms with van der Waals surface area (Å²) in [6.45, 7) is 0. The maximum Gasteiger partial charge on any atom is 0.200 e. The minimum Gasteiger partial charge on any atom is -0.456 e. The van der Waals surface area contributed by atoms with Crippen molar-refractivity contribution in [3.05, 3.63) is 192 Å². The summed E-state index contributed by atoms with van der Waals surface area (Å²) in [5, 5.41) is 1.93. The van der Waals surface area contributed by atoms with E-state index in [4.69, 9.17) is 8.83 Å². The van der Waals surface area contributed by atoms with Crippen molar-refractivity contribution in [2.75, 3.05) is 9.80 Å². The van der Waals surface area contributed by atoms with Gasteiger partial charge in [0, 0.05) is 44.0 Å². The number of anilines is 6. The summed E-state index contributed by atoms with van der Waals surface area (Å²) < 4.78 is 166. The third-order valence-electron chi connectivity index (χ3n) is 10.6. The molecule has 0 bridgehead atoms. The van der Waals surface area contributed by atoms with E-state index < -0.39 is 69.5 Å². The third kappa shape index (κ3) is 5.77. The second-order valence-corrected chi connectivity index (χ2v) is 14.1. The van der Waals surface area contributed by atoms with Crippen molar-refractivity contribution in [2.45, 2.75) is 0 Å². The topological polar surface area (TPSA) is 32.8 Å². The van der Waals surface area contributed by atoms with E-state index in [1.54, 1.807) is 48.5 Å². The highest BCUT2D eigenvalue weighted by Gasteiger charge is 2.35. The number of hydrogen-bond donors (Lipinski definition) is 0. The lowest BCUT2D eigenvalue weighted by molar-refractivity contribution is 0.380. The zero-order valence-corrected chi connectivity index (χ0v) is 31.2. The van der Waals surface area contributed by atoms with Crippen LogP contribution in [0.5, 0.6) is 0 Å². The van der Waals surface area contributed by atoms with Gasteiger partial charge in [0.05, 0.1) is 11.4 Å². The Balaban J connectivity index is 1.27. The van der Waals surface area contributed by atoms with E-state index in [9.17, 15) is 8.78 Å². The molecule has 306 valence electrons. The van der Waals surface area contributed by atoms with Crippen molar-refractivity contribution in [1.82, 2.24) is 0 Å². The van der Waals surface area contributed by atoms with Crippen LogP contribution in [0.4, 0.5) is 78.0 Å². The van der Waals surface area contributed by atoms with Gasteiger partial charge in [0.2, 0.25) is 11.6 Å². The van der Waals surface area contributed by atoms with Crippen LogP contribution >= 0.6 is 0 Å². The van der Waals surface area contributed by atoms with E-state index in [1.807, 2.05) is 0 Å². The Labute approximate surface area is 342 Å². The molecular formula is C48H22F10N2O2. The molecule has 10 rings (SSSR count). The fraction of sp³-hybridized carbons (Fsp3) is 0. The molecule has 0 saturated heterocycles. The Kier molecular flexibility index (Phi) is 8.98. The first-order valence-corrected chi connectivity index (χ1v) is 18.6. The van der Waals surface area contributed by atoms with Gasteiger partial charge in [-0.1, -0.05) is 72.8 Å². The van der Waals surface area contributed by atoms with Crippen LogP contribution in [-0.2, 0) is 0 Å². The van der Waals surface area contributed by atoms with Crippen molar-refractivity contribution in [2.24, 2.45) is 0 Å². The van der Waals surface area contributed by atoms with Gasteiger partial charge >= 0.3 is 0 Å². The highest BCUT2D eigenvalue weighted by atomic mass is 19.2. The Morgan fingerprint density at radius 2 is 0.597 bits per heavy atom. The van der Waals surface area contributed by atoms with E-state index in [0.717, 1.165) is 9.80 Å². The Hall–Kier alpha value is -7.74. The van der Waals surface area contributed by atoms with Gasteiger partial charge in [-0.25, -0.2) is 43.9 Å². The lowest BCUT2D eigenvalue weighted by Gasteiger charge is -2.31. The van der Waals surface area contributed by atoms with E-state index in [0.29, 0.717) is 43.9 Å². The fourth-order valence-electron chi connectivity index (χ4n) is 7.86. The van der Waals surface area contributed by atoms with Gasteiger partial charge in [-0.05, 0) is 60.7 Å². The number of fused-ring (bicyclic) bond motifs is 6. The maximum absolute atomic E-state index is 16.1. The first-order valence-electron chi connectivity index (χ1n) is 18.6. The molecule has 0 aliphatic heterocycles. The quantitative estimate of drug-likeness (QED) is 0.0909. The molecule has 0 aliphatic carbocycles. The molecule has 0 spiro atoms. The number of furan rings is 2. The maximum atomic E-state index is 16.1. The van der Waals surface area contributed by atoms with Gasteiger partial charge < -0.3 is 18.6 Å². The molecule has 0 radical (unpaired) electrons. The summed E-state index contributed by atoms with van der Waals surface area (Å²) >= 11 is 0. The normalized spacial score (nSPS) is 11.7. The molecule has 10 aromatic rings. The lowest BCUT2D eigenvalue weighted by atomic mass is 9.98. The lowest BCUT2D eigenvalue weighted by Crippen LogP contribution is -2.19. The van der Waals surface area contributed by atoms with E-state index in [1.165, 1.54) is 84.9 Å². The minimum atomic E-state index is -2.40. The molecule has 0 aliphatic rings. The summed E-state index contributed by atoms with van der Waals surface area (Å²) in [6.07, 6.45) is 0. The second kappa shape index (κ2) is 14.5. The fourth-order valence-corrected chi connectivity index (χ4v) is 7.86. The van der Waals surface area contributed by atoms with Crippen LogP contribution in [0.15, 0.2) is 142 Å². The van der Waals surface area contributed by atoms with Crippen molar-refractivity contribution < 1.29 is 52.7 Å². The third-order valence-corrected chi connectivity index (χ3v) is 10.6. The zero-order valence-electron chi connectivity index (χ0n) is 31.2. The Morgan fingerprint density at radius 1 is 0.290 bits per heavy atom. The molecule has 2 heterocycles. The van der Waals surface area contributed by atoms with Gasteiger partial charge in [-0.3, -0.25) is 0 Å². The molecule has 0 saturated carbocycles. The molecule has 0 amide bonds. The number of para-hydroxylation sites is 4. The Bertz CT molecular complexity index is 3190. The minimum absolute atomic E-state index is 0.0482. The smallest absolute Gasteiger partial charge is 0.200 e. The van der Waals surface area contributed by atoms with E-state index in [2.05, 4.69) is 0 Å². The first kappa shape index (κ1) is 38.5. The molecule has 0 unspecified atom stereocenters. The monoisotopic (exact) mass is 848 g/mol. The van der Waals surface area contributed by atoms with E-state index >= 15 is 35.1 Å². The number of benzene rings is 8. The van der Waals surface area contributed by atoms with Gasteiger partial charge in [0.25, 0.3) is 0 Å². The molecule has 0 N–H and O–H groups in total. The van der Waals surface area contributed by atoms with Crippen LogP contribution in [0.3, 0.4) is 0 Å². The summed E-state index contributed by atoms with van der Waals surface area (Å²) in [5.41, 5.74) is -2.04. The Morgan fingerprint density at radius 3 is 0.984 bits per heavy atom. The van der Waals surface area contributed by atoms with Gasteiger partial charge in [-0.2, -0.15) is 0 Å². The van der Waals surface area contributed by atoms with Crippen LogP contribution in [0.25, 0.3) is 55.0 Å². The largest absolute Gasteiger partial charge is 0.456 e. The molecule has 62 heavy (non-hydrogen) atoms. The van der Waals surface area contributed by atoms with Gasteiger partial charge in [0.1, 0.15) is 33.7 Å². The molecule has 4 nitrogen and oxygen atoms in total. The highest BCUT2D eigenvalue weighted by molar-refractivity contribution is 6.08. The average Bonchev–Trinajstić information content (AvgIpc) is 3.87. The van der Waals surface area contributed by atoms with Crippen LogP contribution in [0, 0.1) is 58.2 Å². The average molecular weight is 849 g/mol.